The fourth-order valence-electron chi connectivity index (χ4n) is 5.93. The van der Waals surface area contributed by atoms with E-state index in [4.69, 9.17) is 5.73 Å². The number of hydrogen-bond acceptors (Lipinski definition) is 4. The third-order valence-electron chi connectivity index (χ3n) is 7.93. The number of likely N-dealkylation sites (tertiary alicyclic amines) is 1. The lowest BCUT2D eigenvalue weighted by Crippen LogP contribution is -2.47. The van der Waals surface area contributed by atoms with Crippen LogP contribution in [-0.2, 0) is 16.1 Å². The Bertz CT molecular complexity index is 810. The summed E-state index contributed by atoms with van der Waals surface area (Å²) >= 11 is 0. The molecule has 188 valence electrons. The zero-order valence-electron chi connectivity index (χ0n) is 21.1. The molecule has 3 N–H and O–H groups in total. The molecule has 1 aromatic carbocycles. The summed E-state index contributed by atoms with van der Waals surface area (Å²) in [5.41, 5.74) is 7.18. The quantitative estimate of drug-likeness (QED) is 0.552. The van der Waals surface area contributed by atoms with Crippen LogP contribution in [0.25, 0.3) is 0 Å². The van der Waals surface area contributed by atoms with E-state index in [1.165, 1.54) is 18.4 Å². The van der Waals surface area contributed by atoms with Crippen LogP contribution >= 0.6 is 0 Å². The second kappa shape index (κ2) is 11.7. The summed E-state index contributed by atoms with van der Waals surface area (Å²) < 4.78 is 0. The van der Waals surface area contributed by atoms with Gasteiger partial charge in [-0.2, -0.15) is 0 Å². The molecule has 4 rings (SSSR count). The third kappa shape index (κ3) is 6.60. The van der Waals surface area contributed by atoms with Crippen LogP contribution in [0.15, 0.2) is 30.3 Å². The maximum absolute atomic E-state index is 13.4. The van der Waals surface area contributed by atoms with E-state index in [-0.39, 0.29) is 29.8 Å². The molecular weight excluding hydrogens is 424 g/mol. The van der Waals surface area contributed by atoms with Gasteiger partial charge in [-0.1, -0.05) is 50.6 Å². The van der Waals surface area contributed by atoms with Crippen molar-refractivity contribution < 1.29 is 9.59 Å². The van der Waals surface area contributed by atoms with E-state index in [1.807, 2.05) is 11.0 Å². The zero-order chi connectivity index (χ0) is 24.1. The van der Waals surface area contributed by atoms with Gasteiger partial charge in [0.05, 0.1) is 0 Å². The molecule has 1 heterocycles. The smallest absolute Gasteiger partial charge is 0.242 e. The van der Waals surface area contributed by atoms with Crippen molar-refractivity contribution in [1.82, 2.24) is 15.1 Å². The van der Waals surface area contributed by atoms with Crippen molar-refractivity contribution in [3.8, 4) is 0 Å². The number of nitrogens with two attached hydrogens (primary N) is 1. The van der Waals surface area contributed by atoms with Gasteiger partial charge in [0.2, 0.25) is 11.8 Å². The summed E-state index contributed by atoms with van der Waals surface area (Å²) in [6, 6.07) is 10.4. The van der Waals surface area contributed by atoms with Gasteiger partial charge < -0.3 is 16.0 Å². The number of hydrogen-bond donors (Lipinski definition) is 2. The second-order valence-corrected chi connectivity index (χ2v) is 11.4. The van der Waals surface area contributed by atoms with E-state index in [0.29, 0.717) is 30.8 Å². The number of amides is 2. The fourth-order valence-corrected chi connectivity index (χ4v) is 5.93. The number of nitrogens with zero attached hydrogens (tertiary/aromatic N) is 2. The lowest BCUT2D eigenvalue weighted by atomic mass is 9.81. The Morgan fingerprint density at radius 1 is 1.09 bits per heavy atom. The minimum Gasteiger partial charge on any atom is -0.354 e. The van der Waals surface area contributed by atoms with E-state index in [2.05, 4.69) is 48.3 Å². The lowest BCUT2D eigenvalue weighted by molar-refractivity contribution is -0.139. The van der Waals surface area contributed by atoms with Gasteiger partial charge in [-0.25, -0.2) is 0 Å². The Labute approximate surface area is 205 Å². The monoisotopic (exact) mass is 468 g/mol. The Morgan fingerprint density at radius 3 is 2.50 bits per heavy atom. The van der Waals surface area contributed by atoms with Crippen molar-refractivity contribution in [2.45, 2.75) is 77.4 Å². The first-order valence-corrected chi connectivity index (χ1v) is 13.5. The number of carbonyl (C=O) groups excluding carboxylic acids is 2. The van der Waals surface area contributed by atoms with Gasteiger partial charge in [0, 0.05) is 38.1 Å². The molecule has 34 heavy (non-hydrogen) atoms. The topological polar surface area (TPSA) is 78.7 Å². The largest absolute Gasteiger partial charge is 0.354 e. The molecule has 2 saturated carbocycles. The molecule has 2 aliphatic carbocycles. The number of nitrogens with one attached hydrogen (secondary N) is 1. The van der Waals surface area contributed by atoms with E-state index in [1.54, 1.807) is 0 Å². The molecule has 0 aromatic heterocycles. The molecule has 4 atom stereocenters. The Kier molecular flexibility index (Phi) is 8.65. The maximum Gasteiger partial charge on any atom is 0.242 e. The van der Waals surface area contributed by atoms with Gasteiger partial charge in [0.1, 0.15) is 6.04 Å². The number of benzene rings is 1. The number of rotatable bonds is 10. The normalized spacial score (nSPS) is 27.4. The first-order chi connectivity index (χ1) is 16.4. The van der Waals surface area contributed by atoms with Crippen LogP contribution in [0.1, 0.15) is 64.4 Å². The van der Waals surface area contributed by atoms with Crippen LogP contribution in [0.5, 0.6) is 0 Å². The molecule has 1 aliphatic heterocycles. The maximum atomic E-state index is 13.4. The number of carbonyl (C=O) groups is 2. The standard InChI is InChI=1S/C28H44N4O2/c1-20(2)17-31(18-21-7-4-3-5-8-21)25-14-26(32(19-25)28(34)24-11-12-24)27(33)30-16-23-10-6-9-22(13-23)15-29/h3-5,7-8,20,22-26H,6,9-19,29H2,1-2H3,(H,30,33). The summed E-state index contributed by atoms with van der Waals surface area (Å²) in [5.74, 6) is 1.97. The average Bonchev–Trinajstić information content (AvgIpc) is 3.60. The minimum atomic E-state index is -0.350. The molecule has 3 aliphatic rings. The Morgan fingerprint density at radius 2 is 1.82 bits per heavy atom. The summed E-state index contributed by atoms with van der Waals surface area (Å²) in [5, 5.41) is 3.24. The van der Waals surface area contributed by atoms with E-state index in [0.717, 1.165) is 51.7 Å². The summed E-state index contributed by atoms with van der Waals surface area (Å²) in [6.45, 7) is 8.40. The zero-order valence-corrected chi connectivity index (χ0v) is 21.1. The molecular formula is C28H44N4O2. The van der Waals surface area contributed by atoms with Gasteiger partial charge in [-0.3, -0.25) is 14.5 Å². The molecule has 0 radical (unpaired) electrons. The van der Waals surface area contributed by atoms with Crippen molar-refractivity contribution in [3.63, 3.8) is 0 Å². The van der Waals surface area contributed by atoms with Gasteiger partial charge in [0.15, 0.2) is 0 Å². The predicted molar refractivity (Wildman–Crippen MR) is 136 cm³/mol. The van der Waals surface area contributed by atoms with Gasteiger partial charge >= 0.3 is 0 Å². The summed E-state index contributed by atoms with van der Waals surface area (Å²) in [4.78, 5) is 31.0. The Balaban J connectivity index is 1.43. The highest BCUT2D eigenvalue weighted by Gasteiger charge is 2.45. The van der Waals surface area contributed by atoms with Crippen LogP contribution in [-0.4, -0.2) is 59.9 Å². The highest BCUT2D eigenvalue weighted by Crippen LogP contribution is 2.35. The van der Waals surface area contributed by atoms with E-state index >= 15 is 0 Å². The third-order valence-corrected chi connectivity index (χ3v) is 7.93. The van der Waals surface area contributed by atoms with Crippen molar-refractivity contribution in [1.29, 1.82) is 0 Å². The highest BCUT2D eigenvalue weighted by molar-refractivity contribution is 5.90. The van der Waals surface area contributed by atoms with Crippen molar-refractivity contribution in [3.05, 3.63) is 35.9 Å². The Hall–Kier alpha value is -1.92. The predicted octanol–water partition coefficient (Wildman–Crippen LogP) is 3.41. The van der Waals surface area contributed by atoms with E-state index < -0.39 is 0 Å². The van der Waals surface area contributed by atoms with Crippen LogP contribution in [0, 0.1) is 23.7 Å². The molecule has 0 bridgehead atoms. The molecule has 2 amide bonds. The molecule has 1 aromatic rings. The van der Waals surface area contributed by atoms with Gasteiger partial charge in [0.25, 0.3) is 0 Å². The summed E-state index contributed by atoms with van der Waals surface area (Å²) in [7, 11) is 0. The van der Waals surface area contributed by atoms with Crippen molar-refractivity contribution >= 4 is 11.8 Å². The van der Waals surface area contributed by atoms with Crippen LogP contribution in [0.4, 0.5) is 0 Å². The molecule has 3 fully saturated rings. The van der Waals surface area contributed by atoms with Crippen LogP contribution in [0.2, 0.25) is 0 Å². The van der Waals surface area contributed by atoms with Crippen LogP contribution < -0.4 is 11.1 Å². The molecule has 4 unspecified atom stereocenters. The second-order valence-electron chi connectivity index (χ2n) is 11.4. The van der Waals surface area contributed by atoms with Gasteiger partial charge in [-0.15, -0.1) is 0 Å². The van der Waals surface area contributed by atoms with Crippen molar-refractivity contribution in [2.75, 3.05) is 26.2 Å². The molecule has 6 heteroatoms. The first-order valence-electron chi connectivity index (χ1n) is 13.5. The molecule has 6 nitrogen and oxygen atoms in total. The minimum absolute atomic E-state index is 0.0376. The molecule has 0 spiro atoms. The van der Waals surface area contributed by atoms with E-state index in [9.17, 15) is 9.59 Å². The summed E-state index contributed by atoms with van der Waals surface area (Å²) in [6.07, 6.45) is 7.33. The highest BCUT2D eigenvalue weighted by atomic mass is 16.2. The molecule has 1 saturated heterocycles. The van der Waals surface area contributed by atoms with Gasteiger partial charge in [-0.05, 0) is 68.4 Å². The van der Waals surface area contributed by atoms with Crippen LogP contribution in [0.3, 0.4) is 0 Å². The first kappa shape index (κ1) is 25.2. The SMILES string of the molecule is CC(C)CN(Cc1ccccc1)C1CC(C(=O)NCC2CCCC(CN)C2)N(C(=O)C2CC2)C1. The lowest BCUT2D eigenvalue weighted by Gasteiger charge is -2.30. The average molecular weight is 469 g/mol. The fraction of sp³-hybridized carbons (Fsp3) is 0.714. The van der Waals surface area contributed by atoms with Crippen molar-refractivity contribution in [2.24, 2.45) is 29.4 Å².